The zero-order valence-electron chi connectivity index (χ0n) is 8.91. The molecule has 1 N–H and O–H groups in total. The van der Waals surface area contributed by atoms with Gasteiger partial charge in [0.2, 0.25) is 0 Å². The highest BCUT2D eigenvalue weighted by Gasteiger charge is 2.16. The van der Waals surface area contributed by atoms with Crippen LogP contribution in [0.15, 0.2) is 12.3 Å². The van der Waals surface area contributed by atoms with Crippen LogP contribution in [0, 0.1) is 5.92 Å². The summed E-state index contributed by atoms with van der Waals surface area (Å²) in [6.07, 6.45) is 1.87. The molecule has 0 radical (unpaired) electrons. The lowest BCUT2D eigenvalue weighted by Crippen LogP contribution is -2.24. The highest BCUT2D eigenvalue weighted by atomic mass is 15.3. The lowest BCUT2D eigenvalue weighted by atomic mass is 10.0. The molecule has 0 aromatic carbocycles. The molecule has 74 valence electrons. The van der Waals surface area contributed by atoms with E-state index in [1.54, 1.807) is 0 Å². The third kappa shape index (κ3) is 2.10. The van der Waals surface area contributed by atoms with Gasteiger partial charge in [0.15, 0.2) is 0 Å². The van der Waals surface area contributed by atoms with E-state index < -0.39 is 0 Å². The minimum Gasteiger partial charge on any atom is -0.312 e. The smallest absolute Gasteiger partial charge is 0.0555 e. The van der Waals surface area contributed by atoms with E-state index in [0.29, 0.717) is 12.0 Å². The van der Waals surface area contributed by atoms with E-state index in [4.69, 9.17) is 0 Å². The molecule has 0 bridgehead atoms. The average molecular weight is 181 g/mol. The van der Waals surface area contributed by atoms with Crippen molar-refractivity contribution in [1.82, 2.24) is 15.1 Å². The number of nitrogens with zero attached hydrogens (tertiary/aromatic N) is 2. The van der Waals surface area contributed by atoms with Crippen LogP contribution in [0.3, 0.4) is 0 Å². The predicted molar refractivity (Wildman–Crippen MR) is 54.5 cm³/mol. The Balaban J connectivity index is 2.90. The molecule has 1 aromatic heterocycles. The van der Waals surface area contributed by atoms with Crippen molar-refractivity contribution >= 4 is 0 Å². The molecule has 1 atom stereocenters. The fraction of sp³-hybridized carbons (Fsp3) is 0.700. The van der Waals surface area contributed by atoms with Crippen LogP contribution in [0.5, 0.6) is 0 Å². The maximum atomic E-state index is 4.26. The lowest BCUT2D eigenvalue weighted by Gasteiger charge is -2.20. The summed E-state index contributed by atoms with van der Waals surface area (Å²) >= 11 is 0. The maximum Gasteiger partial charge on any atom is 0.0555 e. The number of hydrogen-bond acceptors (Lipinski definition) is 2. The standard InChI is InChI=1S/C10H19N3/c1-5-13-9(6-7-12-13)10(11-4)8(2)3/h6-8,10-11H,5H2,1-4H3. The topological polar surface area (TPSA) is 29.9 Å². The monoisotopic (exact) mass is 181 g/mol. The van der Waals surface area contributed by atoms with Crippen LogP contribution in [0.4, 0.5) is 0 Å². The molecule has 0 aliphatic heterocycles. The summed E-state index contributed by atoms with van der Waals surface area (Å²) in [5.74, 6) is 0.590. The van der Waals surface area contributed by atoms with E-state index in [1.165, 1.54) is 5.69 Å². The summed E-state index contributed by atoms with van der Waals surface area (Å²) in [6, 6.07) is 2.49. The third-order valence-electron chi connectivity index (χ3n) is 2.35. The summed E-state index contributed by atoms with van der Waals surface area (Å²) in [5.41, 5.74) is 1.28. The van der Waals surface area contributed by atoms with Gasteiger partial charge in [-0.3, -0.25) is 4.68 Å². The molecule has 0 aliphatic rings. The maximum absolute atomic E-state index is 4.26. The Morgan fingerprint density at radius 3 is 2.69 bits per heavy atom. The van der Waals surface area contributed by atoms with Gasteiger partial charge in [-0.25, -0.2) is 0 Å². The Morgan fingerprint density at radius 2 is 2.23 bits per heavy atom. The van der Waals surface area contributed by atoms with E-state index in [0.717, 1.165) is 6.54 Å². The molecule has 0 fully saturated rings. The summed E-state index contributed by atoms with van der Waals surface area (Å²) in [6.45, 7) is 7.49. The first-order chi connectivity index (χ1) is 6.20. The van der Waals surface area contributed by atoms with Crippen molar-refractivity contribution in [2.75, 3.05) is 7.05 Å². The average Bonchev–Trinajstić information content (AvgIpc) is 2.53. The van der Waals surface area contributed by atoms with Crippen LogP contribution >= 0.6 is 0 Å². The summed E-state index contributed by atoms with van der Waals surface area (Å²) in [7, 11) is 2.00. The van der Waals surface area contributed by atoms with Crippen molar-refractivity contribution in [3.8, 4) is 0 Å². The van der Waals surface area contributed by atoms with Crippen LogP contribution in [0.25, 0.3) is 0 Å². The van der Waals surface area contributed by atoms with Gasteiger partial charge in [0.1, 0.15) is 0 Å². The SMILES string of the molecule is CCn1nccc1C(NC)C(C)C. The molecule has 0 saturated heterocycles. The fourth-order valence-electron chi connectivity index (χ4n) is 1.69. The van der Waals surface area contributed by atoms with E-state index in [1.807, 2.05) is 17.9 Å². The van der Waals surface area contributed by atoms with E-state index in [-0.39, 0.29) is 0 Å². The Hall–Kier alpha value is -0.830. The van der Waals surface area contributed by atoms with Gasteiger partial charge < -0.3 is 5.32 Å². The van der Waals surface area contributed by atoms with Crippen molar-refractivity contribution in [1.29, 1.82) is 0 Å². The zero-order chi connectivity index (χ0) is 9.84. The second-order valence-electron chi connectivity index (χ2n) is 3.58. The summed E-state index contributed by atoms with van der Waals surface area (Å²) in [4.78, 5) is 0. The molecule has 0 spiro atoms. The van der Waals surface area contributed by atoms with Crippen molar-refractivity contribution in [3.63, 3.8) is 0 Å². The van der Waals surface area contributed by atoms with Crippen molar-refractivity contribution < 1.29 is 0 Å². The summed E-state index contributed by atoms with van der Waals surface area (Å²) < 4.78 is 2.04. The van der Waals surface area contributed by atoms with Gasteiger partial charge in [-0.2, -0.15) is 5.10 Å². The zero-order valence-corrected chi connectivity index (χ0v) is 8.91. The molecular formula is C10H19N3. The Labute approximate surface area is 80.1 Å². The minimum atomic E-state index is 0.405. The number of nitrogens with one attached hydrogen (secondary N) is 1. The quantitative estimate of drug-likeness (QED) is 0.768. The van der Waals surface area contributed by atoms with Crippen LogP contribution in [0.1, 0.15) is 32.5 Å². The Morgan fingerprint density at radius 1 is 1.54 bits per heavy atom. The van der Waals surface area contributed by atoms with Gasteiger partial charge in [0, 0.05) is 12.7 Å². The van der Waals surface area contributed by atoms with Gasteiger partial charge in [0.25, 0.3) is 0 Å². The summed E-state index contributed by atoms with van der Waals surface area (Å²) in [5, 5.41) is 7.58. The van der Waals surface area contributed by atoms with E-state index >= 15 is 0 Å². The van der Waals surface area contributed by atoms with Crippen molar-refractivity contribution in [3.05, 3.63) is 18.0 Å². The molecule has 0 amide bonds. The number of hydrogen-bond donors (Lipinski definition) is 1. The van der Waals surface area contributed by atoms with Crippen LogP contribution < -0.4 is 5.32 Å². The second kappa shape index (κ2) is 4.42. The molecule has 1 unspecified atom stereocenters. The first-order valence-electron chi connectivity index (χ1n) is 4.89. The van der Waals surface area contributed by atoms with E-state index in [2.05, 4.69) is 37.3 Å². The molecule has 0 aliphatic carbocycles. The number of aromatic nitrogens is 2. The van der Waals surface area contributed by atoms with Crippen molar-refractivity contribution in [2.45, 2.75) is 33.4 Å². The normalized spacial score (nSPS) is 13.6. The molecule has 1 heterocycles. The molecule has 3 nitrogen and oxygen atoms in total. The molecule has 3 heteroatoms. The van der Waals surface area contributed by atoms with Crippen LogP contribution in [0.2, 0.25) is 0 Å². The van der Waals surface area contributed by atoms with Gasteiger partial charge in [-0.1, -0.05) is 13.8 Å². The Bertz CT molecular complexity index is 252. The number of rotatable bonds is 4. The highest BCUT2D eigenvalue weighted by Crippen LogP contribution is 2.20. The van der Waals surface area contributed by atoms with Gasteiger partial charge in [-0.15, -0.1) is 0 Å². The van der Waals surface area contributed by atoms with Gasteiger partial charge >= 0.3 is 0 Å². The Kier molecular flexibility index (Phi) is 3.48. The number of aryl methyl sites for hydroxylation is 1. The molecule has 1 aromatic rings. The third-order valence-corrected chi connectivity index (χ3v) is 2.35. The molecule has 1 rings (SSSR count). The van der Waals surface area contributed by atoms with Gasteiger partial charge in [-0.05, 0) is 26.0 Å². The fourth-order valence-corrected chi connectivity index (χ4v) is 1.69. The predicted octanol–water partition coefficient (Wildman–Crippen LogP) is 1.82. The largest absolute Gasteiger partial charge is 0.312 e. The molecule has 13 heavy (non-hydrogen) atoms. The molecular weight excluding hydrogens is 162 g/mol. The van der Waals surface area contributed by atoms with Crippen LogP contribution in [-0.2, 0) is 6.54 Å². The molecule has 0 saturated carbocycles. The first kappa shape index (κ1) is 10.3. The van der Waals surface area contributed by atoms with Gasteiger partial charge in [0.05, 0.1) is 11.7 Å². The van der Waals surface area contributed by atoms with E-state index in [9.17, 15) is 0 Å². The van der Waals surface area contributed by atoms with Crippen molar-refractivity contribution in [2.24, 2.45) is 5.92 Å². The lowest BCUT2D eigenvalue weighted by molar-refractivity contribution is 0.409. The minimum absolute atomic E-state index is 0.405. The second-order valence-corrected chi connectivity index (χ2v) is 3.58. The highest BCUT2D eigenvalue weighted by molar-refractivity contribution is 5.07. The van der Waals surface area contributed by atoms with Crippen LogP contribution in [-0.4, -0.2) is 16.8 Å². The first-order valence-corrected chi connectivity index (χ1v) is 4.89.